The first-order valence-corrected chi connectivity index (χ1v) is 7.69. The number of carbonyl (C=O) groups is 1. The third kappa shape index (κ3) is 3.63. The monoisotopic (exact) mass is 318 g/mol. The number of ether oxygens (including phenoxy) is 2. The molecular formula is C21H18O3. The molecule has 0 aliphatic carbocycles. The van der Waals surface area contributed by atoms with Crippen molar-refractivity contribution in [3.63, 3.8) is 0 Å². The van der Waals surface area contributed by atoms with Crippen molar-refractivity contribution in [2.45, 2.75) is 6.92 Å². The molecule has 0 saturated carbocycles. The predicted molar refractivity (Wildman–Crippen MR) is 95.2 cm³/mol. The zero-order valence-electron chi connectivity index (χ0n) is 13.7. The average molecular weight is 318 g/mol. The van der Waals surface area contributed by atoms with Crippen molar-refractivity contribution in [2.24, 2.45) is 0 Å². The molecule has 0 aliphatic heterocycles. The highest BCUT2D eigenvalue weighted by Crippen LogP contribution is 2.27. The first-order valence-electron chi connectivity index (χ1n) is 7.69. The van der Waals surface area contributed by atoms with Crippen LogP contribution >= 0.6 is 0 Å². The fourth-order valence-electron chi connectivity index (χ4n) is 2.52. The number of benzene rings is 3. The van der Waals surface area contributed by atoms with Crippen molar-refractivity contribution < 1.29 is 14.3 Å². The molecule has 0 unspecified atom stereocenters. The molecule has 0 aromatic heterocycles. The van der Waals surface area contributed by atoms with Crippen molar-refractivity contribution in [3.8, 4) is 33.8 Å². The van der Waals surface area contributed by atoms with Gasteiger partial charge >= 0.3 is 5.97 Å². The Hall–Kier alpha value is -3.07. The van der Waals surface area contributed by atoms with Gasteiger partial charge in [-0.15, -0.1) is 0 Å². The molecular weight excluding hydrogens is 300 g/mol. The molecule has 0 saturated heterocycles. The van der Waals surface area contributed by atoms with E-state index in [0.29, 0.717) is 5.75 Å². The maximum Gasteiger partial charge on any atom is 0.308 e. The molecule has 0 heterocycles. The Bertz CT molecular complexity index is 816. The van der Waals surface area contributed by atoms with Gasteiger partial charge in [-0.2, -0.15) is 0 Å². The highest BCUT2D eigenvalue weighted by molar-refractivity contribution is 5.72. The third-order valence-electron chi connectivity index (χ3n) is 3.76. The van der Waals surface area contributed by atoms with Gasteiger partial charge in [0.15, 0.2) is 0 Å². The van der Waals surface area contributed by atoms with Crippen LogP contribution in [-0.4, -0.2) is 13.1 Å². The van der Waals surface area contributed by atoms with Crippen LogP contribution in [0.4, 0.5) is 0 Å². The van der Waals surface area contributed by atoms with Crippen LogP contribution in [0.1, 0.15) is 6.92 Å². The summed E-state index contributed by atoms with van der Waals surface area (Å²) >= 11 is 0. The molecule has 3 rings (SSSR count). The molecule has 3 aromatic carbocycles. The van der Waals surface area contributed by atoms with Crippen molar-refractivity contribution in [1.29, 1.82) is 0 Å². The average Bonchev–Trinajstić information content (AvgIpc) is 2.62. The highest BCUT2D eigenvalue weighted by atomic mass is 16.5. The van der Waals surface area contributed by atoms with Gasteiger partial charge in [0.25, 0.3) is 0 Å². The first kappa shape index (κ1) is 15.8. The van der Waals surface area contributed by atoms with Gasteiger partial charge in [-0.25, -0.2) is 0 Å². The lowest BCUT2D eigenvalue weighted by Gasteiger charge is -2.07. The summed E-state index contributed by atoms with van der Waals surface area (Å²) in [5, 5.41) is 0. The Labute approximate surface area is 141 Å². The maximum absolute atomic E-state index is 11.0. The number of hydrogen-bond donors (Lipinski definition) is 0. The van der Waals surface area contributed by atoms with Gasteiger partial charge in [-0.1, -0.05) is 48.5 Å². The van der Waals surface area contributed by atoms with Crippen LogP contribution in [0.15, 0.2) is 72.8 Å². The maximum atomic E-state index is 11.0. The minimum Gasteiger partial charge on any atom is -0.497 e. The van der Waals surface area contributed by atoms with Crippen LogP contribution in [0.25, 0.3) is 22.3 Å². The quantitative estimate of drug-likeness (QED) is 0.504. The van der Waals surface area contributed by atoms with Gasteiger partial charge in [0.1, 0.15) is 11.5 Å². The van der Waals surface area contributed by atoms with Crippen LogP contribution in [0.2, 0.25) is 0 Å². The predicted octanol–water partition coefficient (Wildman–Crippen LogP) is 4.95. The van der Waals surface area contributed by atoms with E-state index in [9.17, 15) is 4.79 Å². The second-order valence-corrected chi connectivity index (χ2v) is 5.42. The molecule has 0 N–H and O–H groups in total. The van der Waals surface area contributed by atoms with Crippen LogP contribution < -0.4 is 9.47 Å². The summed E-state index contributed by atoms with van der Waals surface area (Å²) in [5.41, 5.74) is 4.49. The van der Waals surface area contributed by atoms with E-state index in [2.05, 4.69) is 24.3 Å². The van der Waals surface area contributed by atoms with Crippen molar-refractivity contribution in [2.75, 3.05) is 7.11 Å². The Morgan fingerprint density at radius 1 is 0.625 bits per heavy atom. The molecule has 120 valence electrons. The van der Waals surface area contributed by atoms with Crippen LogP contribution in [-0.2, 0) is 4.79 Å². The molecule has 3 nitrogen and oxygen atoms in total. The molecule has 3 heteroatoms. The van der Waals surface area contributed by atoms with E-state index in [4.69, 9.17) is 9.47 Å². The van der Waals surface area contributed by atoms with E-state index in [0.717, 1.165) is 28.0 Å². The summed E-state index contributed by atoms with van der Waals surface area (Å²) in [6.45, 7) is 1.39. The Balaban J connectivity index is 1.79. The highest BCUT2D eigenvalue weighted by Gasteiger charge is 2.03. The van der Waals surface area contributed by atoms with E-state index in [1.165, 1.54) is 6.92 Å². The minimum absolute atomic E-state index is 0.313. The van der Waals surface area contributed by atoms with Crippen molar-refractivity contribution in [3.05, 3.63) is 72.8 Å². The number of carbonyl (C=O) groups excluding carboxylic acids is 1. The van der Waals surface area contributed by atoms with E-state index in [1.807, 2.05) is 36.4 Å². The zero-order valence-corrected chi connectivity index (χ0v) is 13.7. The van der Waals surface area contributed by atoms with Crippen molar-refractivity contribution >= 4 is 5.97 Å². The number of hydrogen-bond acceptors (Lipinski definition) is 3. The van der Waals surface area contributed by atoms with Gasteiger partial charge in [-0.3, -0.25) is 4.79 Å². The van der Waals surface area contributed by atoms with Crippen molar-refractivity contribution in [1.82, 2.24) is 0 Å². The molecule has 0 atom stereocenters. The molecule has 0 radical (unpaired) electrons. The molecule has 0 bridgehead atoms. The van der Waals surface area contributed by atoms with Gasteiger partial charge in [0.05, 0.1) is 7.11 Å². The lowest BCUT2D eigenvalue weighted by molar-refractivity contribution is -0.131. The topological polar surface area (TPSA) is 35.5 Å². The Kier molecular flexibility index (Phi) is 4.62. The summed E-state index contributed by atoms with van der Waals surface area (Å²) in [4.78, 5) is 11.0. The third-order valence-corrected chi connectivity index (χ3v) is 3.76. The van der Waals surface area contributed by atoms with E-state index < -0.39 is 0 Å². The fourth-order valence-corrected chi connectivity index (χ4v) is 2.52. The minimum atomic E-state index is -0.313. The summed E-state index contributed by atoms with van der Waals surface area (Å²) in [6, 6.07) is 23.8. The zero-order chi connectivity index (χ0) is 16.9. The van der Waals surface area contributed by atoms with E-state index in [1.54, 1.807) is 19.2 Å². The number of methoxy groups -OCH3 is 1. The number of rotatable bonds is 4. The van der Waals surface area contributed by atoms with Gasteiger partial charge < -0.3 is 9.47 Å². The second-order valence-electron chi connectivity index (χ2n) is 5.42. The van der Waals surface area contributed by atoms with Crippen LogP contribution in [0, 0.1) is 0 Å². The lowest BCUT2D eigenvalue weighted by atomic mass is 10.0. The Morgan fingerprint density at radius 2 is 0.958 bits per heavy atom. The normalized spacial score (nSPS) is 10.2. The SMILES string of the molecule is COc1ccc(-c2ccc(-c3ccc(OC(C)=O)cc3)cc2)cc1. The standard InChI is InChI=1S/C21H18O3/c1-15(22)24-21-13-9-19(10-14-21)17-5-3-16(4-6-17)18-7-11-20(23-2)12-8-18/h3-14H,1-2H3. The summed E-state index contributed by atoms with van der Waals surface area (Å²) in [6.07, 6.45) is 0. The summed E-state index contributed by atoms with van der Waals surface area (Å²) in [5.74, 6) is 1.09. The molecule has 0 spiro atoms. The largest absolute Gasteiger partial charge is 0.497 e. The lowest BCUT2D eigenvalue weighted by Crippen LogP contribution is -2.00. The van der Waals surface area contributed by atoms with Gasteiger partial charge in [0.2, 0.25) is 0 Å². The molecule has 3 aromatic rings. The summed E-state index contributed by atoms with van der Waals surface area (Å²) in [7, 11) is 1.66. The summed E-state index contributed by atoms with van der Waals surface area (Å²) < 4.78 is 10.2. The molecule has 0 fully saturated rings. The number of esters is 1. The molecule has 0 aliphatic rings. The van der Waals surface area contributed by atoms with Crippen LogP contribution in [0.3, 0.4) is 0 Å². The van der Waals surface area contributed by atoms with Gasteiger partial charge in [-0.05, 0) is 46.5 Å². The Morgan fingerprint density at radius 3 is 1.29 bits per heavy atom. The van der Waals surface area contributed by atoms with Gasteiger partial charge in [0, 0.05) is 6.92 Å². The smallest absolute Gasteiger partial charge is 0.308 e. The van der Waals surface area contributed by atoms with E-state index in [-0.39, 0.29) is 5.97 Å². The first-order chi connectivity index (χ1) is 11.7. The van der Waals surface area contributed by atoms with E-state index >= 15 is 0 Å². The molecule has 0 amide bonds. The van der Waals surface area contributed by atoms with Crippen LogP contribution in [0.5, 0.6) is 11.5 Å². The fraction of sp³-hybridized carbons (Fsp3) is 0.0952. The molecule has 24 heavy (non-hydrogen) atoms. The second kappa shape index (κ2) is 7.01.